The minimum absolute atomic E-state index is 0.376. The summed E-state index contributed by atoms with van der Waals surface area (Å²) in [5.74, 6) is 0.472. The van der Waals surface area contributed by atoms with E-state index in [1.54, 1.807) is 12.1 Å². The zero-order valence-corrected chi connectivity index (χ0v) is 17.0. The van der Waals surface area contributed by atoms with Crippen LogP contribution in [-0.4, -0.2) is 63.7 Å². The zero-order valence-electron chi connectivity index (χ0n) is 17.0. The lowest BCUT2D eigenvalue weighted by molar-refractivity contribution is -0.277. The van der Waals surface area contributed by atoms with Gasteiger partial charge in [-0.3, -0.25) is 4.79 Å². The Morgan fingerprint density at radius 2 is 1.67 bits per heavy atom. The monoisotopic (exact) mass is 418 g/mol. The number of aryl methyl sites for hydroxylation is 2. The predicted molar refractivity (Wildman–Crippen MR) is 107 cm³/mol. The molecule has 162 valence electrons. The third kappa shape index (κ3) is 4.48. The number of aliphatic hydroxyl groups is 4. The van der Waals surface area contributed by atoms with Crippen LogP contribution >= 0.6 is 0 Å². The van der Waals surface area contributed by atoms with E-state index in [0.717, 1.165) is 16.7 Å². The number of aliphatic hydroxyl groups excluding tert-OH is 4. The minimum Gasteiger partial charge on any atom is -0.461 e. The molecule has 0 saturated carbocycles. The molecular weight excluding hydrogens is 392 g/mol. The first kappa shape index (κ1) is 22.2. The van der Waals surface area contributed by atoms with Crippen molar-refractivity contribution in [2.24, 2.45) is 0 Å². The van der Waals surface area contributed by atoms with Gasteiger partial charge in [-0.05, 0) is 48.7 Å². The highest BCUT2D eigenvalue weighted by atomic mass is 16.7. The molecule has 30 heavy (non-hydrogen) atoms. The van der Waals surface area contributed by atoms with Crippen LogP contribution in [0.4, 0.5) is 0 Å². The van der Waals surface area contributed by atoms with Gasteiger partial charge in [-0.25, -0.2) is 0 Å². The molecule has 1 aliphatic heterocycles. The summed E-state index contributed by atoms with van der Waals surface area (Å²) >= 11 is 0. The maximum absolute atomic E-state index is 11.3. The van der Waals surface area contributed by atoms with Gasteiger partial charge in [-0.1, -0.05) is 18.2 Å². The lowest BCUT2D eigenvalue weighted by Crippen LogP contribution is -2.60. The number of hydrogen-bond donors (Lipinski definition) is 4. The summed E-state index contributed by atoms with van der Waals surface area (Å²) in [7, 11) is 0. The average molecular weight is 418 g/mol. The van der Waals surface area contributed by atoms with E-state index in [-0.39, 0.29) is 0 Å². The zero-order chi connectivity index (χ0) is 22.0. The van der Waals surface area contributed by atoms with Crippen molar-refractivity contribution >= 4 is 5.97 Å². The number of ether oxygens (including phenoxy) is 3. The van der Waals surface area contributed by atoms with Crippen molar-refractivity contribution in [3.05, 3.63) is 47.5 Å². The molecule has 0 aliphatic carbocycles. The standard InChI is InChI=1S/C22H26O8/c1-11-8-14(9-12(2)21(11)28-13(3)24)15-6-4-5-7-16(15)29-22-20(27)19(26)18(25)17(10-23)30-22/h4-9,17-20,22-23,25-27H,10H2,1-3H3/t17-,18-,19+,20+,22-/m1/s1. The van der Waals surface area contributed by atoms with E-state index in [9.17, 15) is 25.2 Å². The molecule has 1 heterocycles. The van der Waals surface area contributed by atoms with Gasteiger partial charge in [0, 0.05) is 12.5 Å². The second-order valence-electron chi connectivity index (χ2n) is 7.34. The van der Waals surface area contributed by atoms with Gasteiger partial charge < -0.3 is 34.6 Å². The Bertz CT molecular complexity index is 887. The Balaban J connectivity index is 1.93. The van der Waals surface area contributed by atoms with E-state index in [2.05, 4.69) is 0 Å². The highest BCUT2D eigenvalue weighted by Gasteiger charge is 2.44. The number of carbonyl (C=O) groups excluding carboxylic acids is 1. The van der Waals surface area contributed by atoms with Gasteiger partial charge in [0.05, 0.1) is 6.61 Å². The van der Waals surface area contributed by atoms with Crippen LogP contribution < -0.4 is 9.47 Å². The van der Waals surface area contributed by atoms with Gasteiger partial charge in [0.25, 0.3) is 0 Å². The first-order valence-electron chi connectivity index (χ1n) is 9.59. The van der Waals surface area contributed by atoms with Crippen LogP contribution in [0, 0.1) is 13.8 Å². The summed E-state index contributed by atoms with van der Waals surface area (Å²) in [6.07, 6.45) is -6.84. The first-order chi connectivity index (χ1) is 14.2. The van der Waals surface area contributed by atoms with Gasteiger partial charge >= 0.3 is 5.97 Å². The molecule has 4 N–H and O–H groups in total. The topological polar surface area (TPSA) is 126 Å². The van der Waals surface area contributed by atoms with E-state index >= 15 is 0 Å². The SMILES string of the molecule is CC(=O)Oc1c(C)cc(-c2ccccc2O[C@@H]2O[C@H](CO)[C@@H](O)[C@H](O)[C@@H]2O)cc1C. The average Bonchev–Trinajstić information content (AvgIpc) is 2.71. The summed E-state index contributed by atoms with van der Waals surface area (Å²) in [6.45, 7) is 4.46. The third-order valence-corrected chi connectivity index (χ3v) is 5.00. The van der Waals surface area contributed by atoms with Crippen LogP contribution in [-0.2, 0) is 9.53 Å². The van der Waals surface area contributed by atoms with E-state index < -0.39 is 43.3 Å². The molecule has 0 radical (unpaired) electrons. The molecule has 0 unspecified atom stereocenters. The van der Waals surface area contributed by atoms with Crippen LogP contribution in [0.2, 0.25) is 0 Å². The Kier molecular flexibility index (Phi) is 6.74. The molecule has 0 amide bonds. The van der Waals surface area contributed by atoms with Crippen molar-refractivity contribution in [1.82, 2.24) is 0 Å². The van der Waals surface area contributed by atoms with Gasteiger partial charge in [-0.15, -0.1) is 0 Å². The number of esters is 1. The molecule has 2 aromatic rings. The fourth-order valence-corrected chi connectivity index (χ4v) is 3.51. The smallest absolute Gasteiger partial charge is 0.308 e. The van der Waals surface area contributed by atoms with Crippen LogP contribution in [0.5, 0.6) is 11.5 Å². The van der Waals surface area contributed by atoms with Crippen molar-refractivity contribution in [2.75, 3.05) is 6.61 Å². The largest absolute Gasteiger partial charge is 0.461 e. The Morgan fingerprint density at radius 1 is 1.03 bits per heavy atom. The molecule has 8 nitrogen and oxygen atoms in total. The fraction of sp³-hybridized carbons (Fsp3) is 0.409. The van der Waals surface area contributed by atoms with E-state index in [4.69, 9.17) is 14.2 Å². The molecule has 1 aliphatic rings. The summed E-state index contributed by atoms with van der Waals surface area (Å²) in [6, 6.07) is 10.8. The van der Waals surface area contributed by atoms with E-state index in [0.29, 0.717) is 17.1 Å². The van der Waals surface area contributed by atoms with Crippen LogP contribution in [0.25, 0.3) is 11.1 Å². The maximum Gasteiger partial charge on any atom is 0.308 e. The summed E-state index contributed by atoms with van der Waals surface area (Å²) < 4.78 is 16.6. The lowest BCUT2D eigenvalue weighted by Gasteiger charge is -2.39. The van der Waals surface area contributed by atoms with Crippen LogP contribution in [0.15, 0.2) is 36.4 Å². The number of benzene rings is 2. The van der Waals surface area contributed by atoms with Crippen molar-refractivity contribution in [3.8, 4) is 22.6 Å². The molecule has 1 saturated heterocycles. The number of rotatable bonds is 5. The molecule has 8 heteroatoms. The molecule has 1 fully saturated rings. The molecule has 0 bridgehead atoms. The summed E-state index contributed by atoms with van der Waals surface area (Å²) in [5, 5.41) is 39.6. The van der Waals surface area contributed by atoms with E-state index in [1.807, 2.05) is 38.1 Å². The minimum atomic E-state index is -1.53. The quantitative estimate of drug-likeness (QED) is 0.420. The molecule has 0 spiro atoms. The predicted octanol–water partition coefficient (Wildman–Crippen LogP) is 1.07. The normalized spacial score (nSPS) is 26.3. The van der Waals surface area contributed by atoms with Crippen LogP contribution in [0.3, 0.4) is 0 Å². The Hall–Kier alpha value is -2.49. The number of carbonyl (C=O) groups is 1. The first-order valence-corrected chi connectivity index (χ1v) is 9.59. The lowest BCUT2D eigenvalue weighted by atomic mass is 9.98. The summed E-state index contributed by atoms with van der Waals surface area (Å²) in [5.41, 5.74) is 3.02. The molecule has 0 aromatic heterocycles. The van der Waals surface area contributed by atoms with Crippen molar-refractivity contribution in [2.45, 2.75) is 51.5 Å². The van der Waals surface area contributed by atoms with Crippen LogP contribution in [0.1, 0.15) is 18.1 Å². The highest BCUT2D eigenvalue weighted by Crippen LogP contribution is 2.36. The number of hydrogen-bond acceptors (Lipinski definition) is 8. The maximum atomic E-state index is 11.3. The van der Waals surface area contributed by atoms with Gasteiger partial charge in [-0.2, -0.15) is 0 Å². The summed E-state index contributed by atoms with van der Waals surface area (Å²) in [4.78, 5) is 11.3. The third-order valence-electron chi connectivity index (χ3n) is 5.00. The Labute approximate surface area is 174 Å². The number of para-hydroxylation sites is 1. The second-order valence-corrected chi connectivity index (χ2v) is 7.34. The molecule has 3 rings (SSSR count). The van der Waals surface area contributed by atoms with Gasteiger partial charge in [0.2, 0.25) is 6.29 Å². The van der Waals surface area contributed by atoms with Gasteiger partial charge in [0.1, 0.15) is 35.9 Å². The fourth-order valence-electron chi connectivity index (χ4n) is 3.51. The highest BCUT2D eigenvalue weighted by molar-refractivity contribution is 5.75. The van der Waals surface area contributed by atoms with Gasteiger partial charge in [0.15, 0.2) is 0 Å². The Morgan fingerprint density at radius 3 is 2.27 bits per heavy atom. The van der Waals surface area contributed by atoms with Crippen molar-refractivity contribution < 1.29 is 39.4 Å². The molecule has 2 aromatic carbocycles. The molecule has 5 atom stereocenters. The van der Waals surface area contributed by atoms with E-state index in [1.165, 1.54) is 6.92 Å². The van der Waals surface area contributed by atoms with Crippen molar-refractivity contribution in [3.63, 3.8) is 0 Å². The molecular formula is C22H26O8. The van der Waals surface area contributed by atoms with Crippen molar-refractivity contribution in [1.29, 1.82) is 0 Å². The second kappa shape index (κ2) is 9.11.